The lowest BCUT2D eigenvalue weighted by Crippen LogP contribution is -2.14. The number of hydrogen-bond donors (Lipinski definition) is 1. The van der Waals surface area contributed by atoms with Gasteiger partial charge < -0.3 is 9.88 Å². The van der Waals surface area contributed by atoms with E-state index in [0.29, 0.717) is 15.3 Å². The fourth-order valence-corrected chi connectivity index (χ4v) is 3.75. The predicted octanol–water partition coefficient (Wildman–Crippen LogP) is 3.25. The van der Waals surface area contributed by atoms with Gasteiger partial charge in [-0.25, -0.2) is 4.98 Å². The van der Waals surface area contributed by atoms with Crippen molar-refractivity contribution in [1.29, 1.82) is 0 Å². The van der Waals surface area contributed by atoms with Gasteiger partial charge in [0.2, 0.25) is 5.91 Å². The Balaban J connectivity index is 1.53. The van der Waals surface area contributed by atoms with Crippen molar-refractivity contribution in [2.45, 2.75) is 11.6 Å². The van der Waals surface area contributed by atoms with Crippen LogP contribution in [0.1, 0.15) is 10.4 Å². The number of amides is 1. The lowest BCUT2D eigenvalue weighted by Gasteiger charge is -2.01. The molecule has 0 saturated heterocycles. The first-order valence-corrected chi connectivity index (χ1v) is 9.24. The largest absolute Gasteiger partial charge is 0.312 e. The number of rotatable bonds is 6. The second-order valence-corrected chi connectivity index (χ2v) is 7.49. The van der Waals surface area contributed by atoms with Gasteiger partial charge >= 0.3 is 0 Å². The van der Waals surface area contributed by atoms with Gasteiger partial charge in [-0.05, 0) is 17.7 Å². The molecule has 1 aromatic carbocycles. The summed E-state index contributed by atoms with van der Waals surface area (Å²) >= 11 is 8.78. The molecule has 0 radical (unpaired) electrons. The van der Waals surface area contributed by atoms with Gasteiger partial charge in [0.05, 0.1) is 5.75 Å². The molecule has 0 aliphatic carbocycles. The molecule has 2 heterocycles. The Morgan fingerprint density at radius 1 is 1.46 bits per heavy atom. The summed E-state index contributed by atoms with van der Waals surface area (Å²) in [6.07, 6.45) is 4.11. The lowest BCUT2D eigenvalue weighted by atomic mass is 10.1. The van der Waals surface area contributed by atoms with Crippen LogP contribution in [0, 0.1) is 0 Å². The summed E-state index contributed by atoms with van der Waals surface area (Å²) in [5.41, 5.74) is 1.11. The number of carbonyl (C=O) groups is 1. The van der Waals surface area contributed by atoms with Crippen LogP contribution in [-0.4, -0.2) is 31.4 Å². The Bertz CT molecular complexity index is 848. The monoisotopic (exact) mass is 379 g/mol. The molecule has 0 spiro atoms. The van der Waals surface area contributed by atoms with Gasteiger partial charge in [0.15, 0.2) is 10.3 Å². The number of aryl methyl sites for hydroxylation is 1. The minimum absolute atomic E-state index is 0.119. The molecule has 9 heteroatoms. The van der Waals surface area contributed by atoms with E-state index in [2.05, 4.69) is 20.5 Å². The van der Waals surface area contributed by atoms with Crippen molar-refractivity contribution in [2.75, 3.05) is 11.1 Å². The number of nitrogens with one attached hydrogen (secondary N) is 1. The maximum atomic E-state index is 12.0. The topological polar surface area (TPSA) is 72.7 Å². The number of aromatic nitrogens is 4. The molecule has 0 saturated carbocycles. The molecule has 0 aliphatic rings. The van der Waals surface area contributed by atoms with E-state index in [1.54, 1.807) is 17.1 Å². The van der Waals surface area contributed by atoms with Crippen LogP contribution < -0.4 is 5.32 Å². The van der Waals surface area contributed by atoms with E-state index in [9.17, 15) is 4.79 Å². The Morgan fingerprint density at radius 2 is 2.33 bits per heavy atom. The van der Waals surface area contributed by atoms with E-state index in [1.807, 2.05) is 31.3 Å². The first kappa shape index (κ1) is 16.9. The number of thiazole rings is 1. The third-order valence-electron chi connectivity index (χ3n) is 3.07. The van der Waals surface area contributed by atoms with E-state index in [1.165, 1.54) is 23.1 Å². The van der Waals surface area contributed by atoms with Gasteiger partial charge in [-0.2, -0.15) is 0 Å². The van der Waals surface area contributed by atoms with Crippen molar-refractivity contribution in [3.05, 3.63) is 52.3 Å². The van der Waals surface area contributed by atoms with Crippen molar-refractivity contribution < 1.29 is 4.79 Å². The lowest BCUT2D eigenvalue weighted by molar-refractivity contribution is -0.113. The van der Waals surface area contributed by atoms with Crippen LogP contribution in [0.2, 0.25) is 5.02 Å². The van der Waals surface area contributed by atoms with E-state index in [0.717, 1.165) is 16.9 Å². The Labute approximate surface area is 152 Å². The molecule has 0 fully saturated rings. The fraction of sp³-hybridized carbons (Fsp3) is 0.200. The third-order valence-corrected chi connectivity index (χ3v) is 5.25. The average molecular weight is 380 g/mol. The van der Waals surface area contributed by atoms with Crippen molar-refractivity contribution in [1.82, 2.24) is 19.7 Å². The van der Waals surface area contributed by atoms with Crippen LogP contribution in [0.4, 0.5) is 5.13 Å². The maximum absolute atomic E-state index is 12.0. The summed E-state index contributed by atoms with van der Waals surface area (Å²) in [5.74, 6) is 0.141. The first-order chi connectivity index (χ1) is 11.6. The summed E-state index contributed by atoms with van der Waals surface area (Å²) in [6, 6.07) is 7.71. The highest BCUT2D eigenvalue weighted by Crippen LogP contribution is 2.23. The second kappa shape index (κ2) is 7.78. The average Bonchev–Trinajstić information content (AvgIpc) is 3.14. The molecule has 0 atom stereocenters. The number of halogens is 1. The van der Waals surface area contributed by atoms with Gasteiger partial charge in [-0.15, -0.1) is 21.5 Å². The Morgan fingerprint density at radius 3 is 3.08 bits per heavy atom. The van der Waals surface area contributed by atoms with Crippen LogP contribution in [0.25, 0.3) is 0 Å². The summed E-state index contributed by atoms with van der Waals surface area (Å²) in [5, 5.41) is 12.5. The number of carbonyl (C=O) groups excluding carboxylic acids is 1. The highest BCUT2D eigenvalue weighted by atomic mass is 35.5. The van der Waals surface area contributed by atoms with Crippen molar-refractivity contribution in [2.24, 2.45) is 7.05 Å². The molecular formula is C15H14ClN5OS2. The molecule has 0 unspecified atom stereocenters. The molecule has 1 amide bonds. The summed E-state index contributed by atoms with van der Waals surface area (Å²) in [6.45, 7) is 0. The zero-order chi connectivity index (χ0) is 16.9. The number of benzene rings is 1. The minimum Gasteiger partial charge on any atom is -0.312 e. The second-order valence-electron chi connectivity index (χ2n) is 5.00. The minimum atomic E-state index is -0.119. The van der Waals surface area contributed by atoms with Gasteiger partial charge in [0, 0.05) is 29.6 Å². The third kappa shape index (κ3) is 4.56. The molecule has 3 rings (SSSR count). The smallest absolute Gasteiger partial charge is 0.236 e. The number of hydrogen-bond acceptors (Lipinski definition) is 6. The van der Waals surface area contributed by atoms with Crippen molar-refractivity contribution >= 4 is 45.7 Å². The van der Waals surface area contributed by atoms with Crippen LogP contribution in [0.15, 0.2) is 41.9 Å². The van der Waals surface area contributed by atoms with E-state index in [-0.39, 0.29) is 11.7 Å². The van der Waals surface area contributed by atoms with Gasteiger partial charge in [-0.1, -0.05) is 35.5 Å². The SMILES string of the molecule is Cn1cnnc1SCC(=O)Nc1ncc(Cc2cccc(Cl)c2)s1. The fourth-order valence-electron chi connectivity index (χ4n) is 1.98. The standard InChI is InChI=1S/C15H14ClN5OS2/c1-21-9-18-20-15(21)23-8-13(22)19-14-17-7-12(24-14)6-10-3-2-4-11(16)5-10/h2-5,7,9H,6,8H2,1H3,(H,17,19,22). The molecule has 3 aromatic rings. The Kier molecular flexibility index (Phi) is 5.49. The molecule has 124 valence electrons. The van der Waals surface area contributed by atoms with Gasteiger partial charge in [-0.3, -0.25) is 4.79 Å². The van der Waals surface area contributed by atoms with Crippen molar-refractivity contribution in [3.8, 4) is 0 Å². The summed E-state index contributed by atoms with van der Waals surface area (Å²) in [7, 11) is 1.84. The quantitative estimate of drug-likeness (QED) is 0.665. The number of thioether (sulfide) groups is 1. The zero-order valence-electron chi connectivity index (χ0n) is 12.8. The van der Waals surface area contributed by atoms with Crippen LogP contribution in [0.5, 0.6) is 0 Å². The van der Waals surface area contributed by atoms with Crippen molar-refractivity contribution in [3.63, 3.8) is 0 Å². The highest BCUT2D eigenvalue weighted by Gasteiger charge is 2.10. The summed E-state index contributed by atoms with van der Waals surface area (Å²) in [4.78, 5) is 17.3. The van der Waals surface area contributed by atoms with Crippen LogP contribution in [-0.2, 0) is 18.3 Å². The molecule has 1 N–H and O–H groups in total. The molecule has 6 nitrogen and oxygen atoms in total. The molecular weight excluding hydrogens is 366 g/mol. The zero-order valence-corrected chi connectivity index (χ0v) is 15.2. The summed E-state index contributed by atoms with van der Waals surface area (Å²) < 4.78 is 1.77. The first-order valence-electron chi connectivity index (χ1n) is 7.06. The predicted molar refractivity (Wildman–Crippen MR) is 96.7 cm³/mol. The highest BCUT2D eigenvalue weighted by molar-refractivity contribution is 7.99. The maximum Gasteiger partial charge on any atom is 0.236 e. The number of nitrogens with zero attached hydrogens (tertiary/aromatic N) is 4. The normalized spacial score (nSPS) is 10.8. The molecule has 0 aliphatic heterocycles. The Hall–Kier alpha value is -1.90. The van der Waals surface area contributed by atoms with E-state index >= 15 is 0 Å². The van der Waals surface area contributed by atoms with Gasteiger partial charge in [0.1, 0.15) is 6.33 Å². The van der Waals surface area contributed by atoms with Crippen LogP contribution >= 0.6 is 34.7 Å². The van der Waals surface area contributed by atoms with E-state index in [4.69, 9.17) is 11.6 Å². The van der Waals surface area contributed by atoms with Crippen LogP contribution in [0.3, 0.4) is 0 Å². The number of anilines is 1. The van der Waals surface area contributed by atoms with Gasteiger partial charge in [0.25, 0.3) is 0 Å². The molecule has 0 bridgehead atoms. The molecule has 24 heavy (non-hydrogen) atoms. The molecule has 2 aromatic heterocycles. The van der Waals surface area contributed by atoms with E-state index < -0.39 is 0 Å².